The Balaban J connectivity index is 2.49. The lowest BCUT2D eigenvalue weighted by molar-refractivity contribution is 0.104. The van der Waals surface area contributed by atoms with Crippen molar-refractivity contribution in [2.75, 3.05) is 13.2 Å². The third-order valence-electron chi connectivity index (χ3n) is 3.12. The molecule has 72 valence electrons. The maximum atomic E-state index is 9.13. The van der Waals surface area contributed by atoms with Crippen molar-refractivity contribution in [1.82, 2.24) is 4.90 Å². The maximum absolute atomic E-state index is 9.13. The maximum Gasteiger partial charge on any atom is 0.0586 e. The van der Waals surface area contributed by atoms with E-state index in [1.54, 1.807) is 0 Å². The smallest absolute Gasteiger partial charge is 0.0586 e. The van der Waals surface area contributed by atoms with Gasteiger partial charge in [0, 0.05) is 12.1 Å². The highest BCUT2D eigenvalue weighted by molar-refractivity contribution is 4.83. The van der Waals surface area contributed by atoms with Gasteiger partial charge in [-0.1, -0.05) is 13.8 Å². The molecule has 0 aromatic heterocycles. The van der Waals surface area contributed by atoms with Crippen LogP contribution in [-0.2, 0) is 0 Å². The lowest BCUT2D eigenvalue weighted by Gasteiger charge is -2.32. The number of hydrogen-bond donors (Lipinski definition) is 1. The first-order valence-electron chi connectivity index (χ1n) is 5.03. The topological polar surface area (TPSA) is 23.5 Å². The Morgan fingerprint density at radius 1 is 1.42 bits per heavy atom. The number of likely N-dealkylation sites (tertiary alicyclic amines) is 1. The Hall–Kier alpha value is -0.0800. The van der Waals surface area contributed by atoms with Crippen molar-refractivity contribution in [3.8, 4) is 0 Å². The molecule has 0 radical (unpaired) electrons. The van der Waals surface area contributed by atoms with Crippen LogP contribution in [0.25, 0.3) is 0 Å². The van der Waals surface area contributed by atoms with E-state index in [2.05, 4.69) is 25.7 Å². The van der Waals surface area contributed by atoms with Gasteiger partial charge in [0.25, 0.3) is 0 Å². The Morgan fingerprint density at radius 2 is 2.08 bits per heavy atom. The molecule has 1 N–H and O–H groups in total. The quantitative estimate of drug-likeness (QED) is 0.695. The summed E-state index contributed by atoms with van der Waals surface area (Å²) in [4.78, 5) is 2.45. The molecule has 0 aromatic carbocycles. The predicted octanol–water partition coefficient (Wildman–Crippen LogP) is 1.49. The average Bonchev–Trinajstić information content (AvgIpc) is 2.49. The highest BCUT2D eigenvalue weighted by Crippen LogP contribution is 2.22. The first kappa shape index (κ1) is 10.0. The number of aliphatic hydroxyl groups excluding tert-OH is 1. The van der Waals surface area contributed by atoms with E-state index in [0.717, 1.165) is 0 Å². The average molecular weight is 171 g/mol. The molecule has 0 saturated carbocycles. The van der Waals surface area contributed by atoms with Crippen molar-refractivity contribution in [2.24, 2.45) is 5.92 Å². The Labute approximate surface area is 75.6 Å². The van der Waals surface area contributed by atoms with E-state index in [1.807, 2.05) is 0 Å². The normalized spacial score (nSPS) is 28.2. The van der Waals surface area contributed by atoms with Crippen LogP contribution in [0, 0.1) is 5.92 Å². The molecule has 0 bridgehead atoms. The summed E-state index contributed by atoms with van der Waals surface area (Å²) in [5.74, 6) is 0.692. The van der Waals surface area contributed by atoms with Gasteiger partial charge < -0.3 is 5.11 Å². The fraction of sp³-hybridized carbons (Fsp3) is 1.00. The van der Waals surface area contributed by atoms with Gasteiger partial charge in [-0.25, -0.2) is 0 Å². The summed E-state index contributed by atoms with van der Waals surface area (Å²) in [7, 11) is 0. The van der Waals surface area contributed by atoms with E-state index in [0.29, 0.717) is 24.6 Å². The minimum absolute atomic E-state index is 0.330. The second kappa shape index (κ2) is 4.24. The van der Waals surface area contributed by atoms with E-state index in [1.165, 1.54) is 19.4 Å². The lowest BCUT2D eigenvalue weighted by Crippen LogP contribution is -2.41. The molecule has 1 aliphatic heterocycles. The van der Waals surface area contributed by atoms with Crippen LogP contribution >= 0.6 is 0 Å². The summed E-state index contributed by atoms with van der Waals surface area (Å²) < 4.78 is 0. The molecular formula is C10H21NO. The van der Waals surface area contributed by atoms with Crippen molar-refractivity contribution in [1.29, 1.82) is 0 Å². The van der Waals surface area contributed by atoms with Gasteiger partial charge in [0.15, 0.2) is 0 Å². The minimum Gasteiger partial charge on any atom is -0.395 e. The van der Waals surface area contributed by atoms with Crippen LogP contribution < -0.4 is 0 Å². The third-order valence-corrected chi connectivity index (χ3v) is 3.12. The number of aliphatic hydroxyl groups is 1. The van der Waals surface area contributed by atoms with Crippen molar-refractivity contribution in [3.63, 3.8) is 0 Å². The fourth-order valence-corrected chi connectivity index (χ4v) is 1.97. The predicted molar refractivity (Wildman–Crippen MR) is 51.1 cm³/mol. The standard InChI is InChI=1S/C10H21NO/c1-8(2)9(3)11-6-4-5-10(11)7-12/h8-10,12H,4-7H2,1-3H3. The van der Waals surface area contributed by atoms with Crippen LogP contribution in [0.5, 0.6) is 0 Å². The van der Waals surface area contributed by atoms with E-state index in [9.17, 15) is 0 Å². The zero-order chi connectivity index (χ0) is 9.14. The molecule has 2 nitrogen and oxygen atoms in total. The molecule has 2 unspecified atom stereocenters. The molecule has 2 heteroatoms. The lowest BCUT2D eigenvalue weighted by atomic mass is 10.0. The van der Waals surface area contributed by atoms with E-state index < -0.39 is 0 Å². The Bertz CT molecular complexity index is 136. The number of rotatable bonds is 3. The molecule has 1 rings (SSSR count). The van der Waals surface area contributed by atoms with Crippen LogP contribution in [0.2, 0.25) is 0 Å². The van der Waals surface area contributed by atoms with Crippen LogP contribution in [0.1, 0.15) is 33.6 Å². The third kappa shape index (κ3) is 1.99. The SMILES string of the molecule is CC(C)C(C)N1CCCC1CO. The highest BCUT2D eigenvalue weighted by Gasteiger charge is 2.28. The van der Waals surface area contributed by atoms with Gasteiger partial charge in [-0.2, -0.15) is 0 Å². The van der Waals surface area contributed by atoms with Crippen LogP contribution in [0.4, 0.5) is 0 Å². The van der Waals surface area contributed by atoms with Gasteiger partial charge in [0.2, 0.25) is 0 Å². The van der Waals surface area contributed by atoms with E-state index in [4.69, 9.17) is 5.11 Å². The molecule has 1 fully saturated rings. The molecular weight excluding hydrogens is 150 g/mol. The first-order chi connectivity index (χ1) is 5.66. The van der Waals surface area contributed by atoms with E-state index >= 15 is 0 Å². The minimum atomic E-state index is 0.330. The second-order valence-corrected chi connectivity index (χ2v) is 4.20. The van der Waals surface area contributed by atoms with Gasteiger partial charge in [-0.3, -0.25) is 4.90 Å². The molecule has 1 saturated heterocycles. The van der Waals surface area contributed by atoms with Crippen LogP contribution in [-0.4, -0.2) is 35.2 Å². The fourth-order valence-electron chi connectivity index (χ4n) is 1.97. The largest absolute Gasteiger partial charge is 0.395 e. The zero-order valence-corrected chi connectivity index (χ0v) is 8.45. The molecule has 0 amide bonds. The van der Waals surface area contributed by atoms with E-state index in [-0.39, 0.29) is 0 Å². The van der Waals surface area contributed by atoms with Crippen molar-refractivity contribution < 1.29 is 5.11 Å². The van der Waals surface area contributed by atoms with Crippen molar-refractivity contribution in [3.05, 3.63) is 0 Å². The summed E-state index contributed by atoms with van der Waals surface area (Å²) in [6, 6.07) is 1.05. The van der Waals surface area contributed by atoms with Crippen molar-refractivity contribution >= 4 is 0 Å². The molecule has 0 aromatic rings. The molecule has 1 heterocycles. The summed E-state index contributed by atoms with van der Waals surface area (Å²) >= 11 is 0. The second-order valence-electron chi connectivity index (χ2n) is 4.20. The van der Waals surface area contributed by atoms with Crippen molar-refractivity contribution in [2.45, 2.75) is 45.7 Å². The van der Waals surface area contributed by atoms with Gasteiger partial charge in [-0.15, -0.1) is 0 Å². The molecule has 1 aliphatic rings. The molecule has 2 atom stereocenters. The Kier molecular flexibility index (Phi) is 3.53. The van der Waals surface area contributed by atoms with Gasteiger partial charge >= 0.3 is 0 Å². The highest BCUT2D eigenvalue weighted by atomic mass is 16.3. The Morgan fingerprint density at radius 3 is 2.58 bits per heavy atom. The van der Waals surface area contributed by atoms with Crippen LogP contribution in [0.3, 0.4) is 0 Å². The first-order valence-corrected chi connectivity index (χ1v) is 5.03. The molecule has 12 heavy (non-hydrogen) atoms. The zero-order valence-electron chi connectivity index (χ0n) is 8.45. The number of nitrogens with zero attached hydrogens (tertiary/aromatic N) is 1. The molecule has 0 aliphatic carbocycles. The molecule has 0 spiro atoms. The monoisotopic (exact) mass is 171 g/mol. The summed E-state index contributed by atoms with van der Waals surface area (Å²) in [6.07, 6.45) is 2.43. The summed E-state index contributed by atoms with van der Waals surface area (Å²) in [5.41, 5.74) is 0. The summed E-state index contributed by atoms with van der Waals surface area (Å²) in [5, 5.41) is 9.13. The van der Waals surface area contributed by atoms with Gasteiger partial charge in [-0.05, 0) is 32.2 Å². The van der Waals surface area contributed by atoms with Gasteiger partial charge in [0.1, 0.15) is 0 Å². The van der Waals surface area contributed by atoms with Crippen LogP contribution in [0.15, 0.2) is 0 Å². The summed E-state index contributed by atoms with van der Waals surface area (Å²) in [6.45, 7) is 8.26. The number of hydrogen-bond acceptors (Lipinski definition) is 2. The van der Waals surface area contributed by atoms with Gasteiger partial charge in [0.05, 0.1) is 6.61 Å².